The van der Waals surface area contributed by atoms with Gasteiger partial charge in [-0.25, -0.2) is 0 Å². The Balaban J connectivity index is 2.67. The van der Waals surface area contributed by atoms with Crippen LogP contribution in [0.2, 0.25) is 0 Å². The molecule has 100 valence electrons. The molecule has 0 radical (unpaired) electrons. The molecule has 1 rings (SSSR count). The van der Waals surface area contributed by atoms with Crippen LogP contribution in [0.1, 0.15) is 43.1 Å². The number of carbonyl (C=O) groups excluding carboxylic acids is 1. The number of benzene rings is 1. The number of hydrazine groups is 1. The number of nitrogens with two attached hydrogens (primary N) is 1. The molecule has 0 bridgehead atoms. The molecule has 1 amide bonds. The van der Waals surface area contributed by atoms with Crippen molar-refractivity contribution in [3.63, 3.8) is 0 Å². The fourth-order valence-corrected chi connectivity index (χ4v) is 1.62. The van der Waals surface area contributed by atoms with Crippen LogP contribution < -0.4 is 16.6 Å². The Kier molecular flexibility index (Phi) is 4.73. The largest absolute Gasteiger partial charge is 0.352 e. The van der Waals surface area contributed by atoms with Gasteiger partial charge in [-0.15, -0.1) is 0 Å². The molecule has 0 aliphatic rings. The summed E-state index contributed by atoms with van der Waals surface area (Å²) in [6, 6.07) is 5.55. The third-order valence-electron chi connectivity index (χ3n) is 2.74. The van der Waals surface area contributed by atoms with E-state index in [4.69, 9.17) is 5.84 Å². The van der Waals surface area contributed by atoms with E-state index in [-0.39, 0.29) is 11.3 Å². The maximum absolute atomic E-state index is 12.0. The summed E-state index contributed by atoms with van der Waals surface area (Å²) in [7, 11) is 0. The number of nitrogens with one attached hydrogen (secondary N) is 2. The van der Waals surface area contributed by atoms with Gasteiger partial charge in [0.25, 0.3) is 5.91 Å². The summed E-state index contributed by atoms with van der Waals surface area (Å²) in [6.45, 7) is 9.08. The lowest BCUT2D eigenvalue weighted by Crippen LogP contribution is -2.28. The summed E-state index contributed by atoms with van der Waals surface area (Å²) in [6.07, 6.45) is 0.940. The summed E-state index contributed by atoms with van der Waals surface area (Å²) in [5.41, 5.74) is 5.08. The summed E-state index contributed by atoms with van der Waals surface area (Å²) >= 11 is 0. The van der Waals surface area contributed by atoms with Crippen LogP contribution in [0.15, 0.2) is 18.2 Å². The highest BCUT2D eigenvalue weighted by Gasteiger charge is 2.13. The zero-order chi connectivity index (χ0) is 13.8. The van der Waals surface area contributed by atoms with E-state index in [1.165, 1.54) is 0 Å². The van der Waals surface area contributed by atoms with Crippen LogP contribution in [0.25, 0.3) is 0 Å². The number of carbonyl (C=O) groups is 1. The van der Waals surface area contributed by atoms with Gasteiger partial charge >= 0.3 is 0 Å². The molecule has 1 aromatic rings. The molecule has 0 atom stereocenters. The van der Waals surface area contributed by atoms with Crippen LogP contribution in [0.5, 0.6) is 0 Å². The van der Waals surface area contributed by atoms with Crippen LogP contribution in [0.4, 0.5) is 5.69 Å². The standard InChI is InChI=1S/C14H23N3O/c1-10-5-6-11(12(9-10)17-15)13(18)16-8-7-14(2,3)4/h5-6,9,17H,7-8,15H2,1-4H3,(H,16,18). The van der Waals surface area contributed by atoms with Crippen LogP contribution in [0.3, 0.4) is 0 Å². The number of hydrogen-bond acceptors (Lipinski definition) is 3. The van der Waals surface area contributed by atoms with Crippen molar-refractivity contribution in [2.45, 2.75) is 34.1 Å². The van der Waals surface area contributed by atoms with Crippen LogP contribution in [-0.4, -0.2) is 12.5 Å². The second-order valence-electron chi connectivity index (χ2n) is 5.76. The van der Waals surface area contributed by atoms with Gasteiger partial charge in [-0.1, -0.05) is 26.8 Å². The third-order valence-corrected chi connectivity index (χ3v) is 2.74. The van der Waals surface area contributed by atoms with E-state index >= 15 is 0 Å². The molecule has 4 N–H and O–H groups in total. The van der Waals surface area contributed by atoms with Crippen molar-refractivity contribution in [3.8, 4) is 0 Å². The molecule has 4 nitrogen and oxygen atoms in total. The monoisotopic (exact) mass is 249 g/mol. The Labute approximate surface area is 109 Å². The minimum absolute atomic E-state index is 0.0906. The lowest BCUT2D eigenvalue weighted by atomic mass is 9.92. The van der Waals surface area contributed by atoms with Gasteiger partial charge in [0.1, 0.15) is 0 Å². The topological polar surface area (TPSA) is 67.2 Å². The molecule has 0 fully saturated rings. The number of anilines is 1. The maximum atomic E-state index is 12.0. The summed E-state index contributed by atoms with van der Waals surface area (Å²) in [5.74, 6) is 5.33. The summed E-state index contributed by atoms with van der Waals surface area (Å²) in [5, 5.41) is 2.92. The minimum atomic E-state index is -0.0906. The minimum Gasteiger partial charge on any atom is -0.352 e. The van der Waals surface area contributed by atoms with E-state index in [1.54, 1.807) is 6.07 Å². The molecule has 1 aromatic carbocycles. The third kappa shape index (κ3) is 4.37. The van der Waals surface area contributed by atoms with Crippen molar-refractivity contribution in [1.82, 2.24) is 5.32 Å². The second kappa shape index (κ2) is 5.87. The van der Waals surface area contributed by atoms with Crippen molar-refractivity contribution in [2.75, 3.05) is 12.0 Å². The Hall–Kier alpha value is -1.55. The lowest BCUT2D eigenvalue weighted by molar-refractivity contribution is 0.0950. The predicted octanol–water partition coefficient (Wildman–Crippen LogP) is 2.45. The molecular weight excluding hydrogens is 226 g/mol. The molecule has 4 heteroatoms. The fraction of sp³-hybridized carbons (Fsp3) is 0.500. The zero-order valence-electron chi connectivity index (χ0n) is 11.6. The normalized spacial score (nSPS) is 11.2. The van der Waals surface area contributed by atoms with Crippen molar-refractivity contribution in [3.05, 3.63) is 29.3 Å². The number of amides is 1. The zero-order valence-corrected chi connectivity index (χ0v) is 11.6. The molecule has 0 saturated heterocycles. The first kappa shape index (κ1) is 14.5. The molecule has 0 spiro atoms. The summed E-state index contributed by atoms with van der Waals surface area (Å²) < 4.78 is 0. The van der Waals surface area contributed by atoms with E-state index in [0.717, 1.165) is 12.0 Å². The number of hydrogen-bond donors (Lipinski definition) is 3. The first-order chi connectivity index (χ1) is 8.33. The van der Waals surface area contributed by atoms with E-state index < -0.39 is 0 Å². The first-order valence-corrected chi connectivity index (χ1v) is 6.19. The Morgan fingerprint density at radius 3 is 2.56 bits per heavy atom. The van der Waals surface area contributed by atoms with E-state index in [9.17, 15) is 4.79 Å². The Morgan fingerprint density at radius 2 is 2.00 bits per heavy atom. The average Bonchev–Trinajstić information content (AvgIpc) is 2.26. The van der Waals surface area contributed by atoms with Crippen molar-refractivity contribution in [2.24, 2.45) is 11.3 Å². The van der Waals surface area contributed by atoms with Gasteiger partial charge in [0.05, 0.1) is 11.3 Å². The molecule has 0 aliphatic heterocycles. The predicted molar refractivity (Wildman–Crippen MR) is 75.4 cm³/mol. The average molecular weight is 249 g/mol. The maximum Gasteiger partial charge on any atom is 0.253 e. The van der Waals surface area contributed by atoms with Gasteiger partial charge in [-0.3, -0.25) is 10.6 Å². The van der Waals surface area contributed by atoms with Gasteiger partial charge in [0, 0.05) is 6.54 Å². The molecule has 18 heavy (non-hydrogen) atoms. The second-order valence-corrected chi connectivity index (χ2v) is 5.76. The molecule has 0 aliphatic carbocycles. The van der Waals surface area contributed by atoms with E-state index in [1.807, 2.05) is 19.1 Å². The number of nitrogen functional groups attached to an aromatic ring is 1. The summed E-state index contributed by atoms with van der Waals surface area (Å²) in [4.78, 5) is 12.0. The molecule has 0 heterocycles. The molecule has 0 aromatic heterocycles. The van der Waals surface area contributed by atoms with Gasteiger partial charge < -0.3 is 10.7 Å². The molecular formula is C14H23N3O. The first-order valence-electron chi connectivity index (χ1n) is 6.19. The quantitative estimate of drug-likeness (QED) is 0.567. The van der Waals surface area contributed by atoms with E-state index in [2.05, 4.69) is 31.5 Å². The number of aryl methyl sites for hydroxylation is 1. The van der Waals surface area contributed by atoms with Crippen molar-refractivity contribution < 1.29 is 4.79 Å². The fourth-order valence-electron chi connectivity index (χ4n) is 1.62. The highest BCUT2D eigenvalue weighted by Crippen LogP contribution is 2.18. The van der Waals surface area contributed by atoms with Gasteiger partial charge in [-0.05, 0) is 36.5 Å². The Morgan fingerprint density at radius 1 is 1.33 bits per heavy atom. The van der Waals surface area contributed by atoms with Gasteiger partial charge in [0.15, 0.2) is 0 Å². The smallest absolute Gasteiger partial charge is 0.253 e. The van der Waals surface area contributed by atoms with Gasteiger partial charge in [0.2, 0.25) is 0 Å². The lowest BCUT2D eigenvalue weighted by Gasteiger charge is -2.18. The SMILES string of the molecule is Cc1ccc(C(=O)NCCC(C)(C)C)c(NN)c1. The molecule has 0 saturated carbocycles. The van der Waals surface area contributed by atoms with Gasteiger partial charge in [-0.2, -0.15) is 0 Å². The number of rotatable bonds is 4. The van der Waals surface area contributed by atoms with Crippen LogP contribution in [0, 0.1) is 12.3 Å². The Bertz CT molecular complexity index is 422. The van der Waals surface area contributed by atoms with Crippen molar-refractivity contribution in [1.29, 1.82) is 0 Å². The van der Waals surface area contributed by atoms with E-state index in [0.29, 0.717) is 17.8 Å². The van der Waals surface area contributed by atoms with Crippen LogP contribution >= 0.6 is 0 Å². The highest BCUT2D eigenvalue weighted by molar-refractivity contribution is 5.99. The highest BCUT2D eigenvalue weighted by atomic mass is 16.1. The molecule has 0 unspecified atom stereocenters. The van der Waals surface area contributed by atoms with Crippen molar-refractivity contribution >= 4 is 11.6 Å². The van der Waals surface area contributed by atoms with Crippen LogP contribution in [-0.2, 0) is 0 Å².